The molecule has 32 heavy (non-hydrogen) atoms. The third-order valence-corrected chi connectivity index (χ3v) is 7.61. The largest absolute Gasteiger partial charge is 0.487 e. The van der Waals surface area contributed by atoms with Gasteiger partial charge in [-0.2, -0.15) is 4.31 Å². The van der Waals surface area contributed by atoms with Gasteiger partial charge in [-0.15, -0.1) is 0 Å². The first kappa shape index (κ1) is 26.2. The van der Waals surface area contributed by atoms with Gasteiger partial charge in [-0.05, 0) is 31.0 Å². The van der Waals surface area contributed by atoms with E-state index >= 15 is 0 Å². The molecule has 0 saturated carbocycles. The number of carbonyl (C=O) groups is 1. The van der Waals surface area contributed by atoms with Crippen LogP contribution in [0.2, 0.25) is 0 Å². The van der Waals surface area contributed by atoms with Crippen LogP contribution in [-0.2, 0) is 14.8 Å². The van der Waals surface area contributed by atoms with Crippen LogP contribution < -0.4 is 4.74 Å². The molecule has 0 saturated heterocycles. The third kappa shape index (κ3) is 6.25. The zero-order chi connectivity index (χ0) is 24.1. The van der Waals surface area contributed by atoms with E-state index in [1.807, 2.05) is 6.92 Å². The Kier molecular flexibility index (Phi) is 9.14. The number of carbonyl (C=O) groups excluding carboxylic acids is 1. The van der Waals surface area contributed by atoms with E-state index in [1.54, 1.807) is 37.9 Å². The summed E-state index contributed by atoms with van der Waals surface area (Å²) in [5.41, 5.74) is 0.673. The van der Waals surface area contributed by atoms with E-state index in [2.05, 4.69) is 25.7 Å². The second-order valence-electron chi connectivity index (χ2n) is 8.93. The molecule has 8 heteroatoms. The molecule has 178 valence electrons. The number of fused-ring (bicyclic) bond motifs is 1. The fourth-order valence-corrected chi connectivity index (χ4v) is 5.35. The Bertz CT molecular complexity index is 964. The van der Waals surface area contributed by atoms with E-state index in [-0.39, 0.29) is 35.6 Å². The molecule has 1 N–H and O–H groups in total. The zero-order valence-electron chi connectivity index (χ0n) is 20.0. The van der Waals surface area contributed by atoms with Gasteiger partial charge in [-0.3, -0.25) is 4.79 Å². The number of sulfonamides is 1. The number of hydrogen-bond donors (Lipinski definition) is 1. The highest BCUT2D eigenvalue weighted by molar-refractivity contribution is 7.89. The second-order valence-corrected chi connectivity index (χ2v) is 10.8. The van der Waals surface area contributed by atoms with Gasteiger partial charge in [0.05, 0.1) is 13.2 Å². The van der Waals surface area contributed by atoms with Crippen molar-refractivity contribution in [3.63, 3.8) is 0 Å². The molecule has 1 heterocycles. The minimum atomic E-state index is -3.89. The zero-order valence-corrected chi connectivity index (χ0v) is 20.8. The lowest BCUT2D eigenvalue weighted by molar-refractivity contribution is -0.131. The summed E-state index contributed by atoms with van der Waals surface area (Å²) in [5, 5.41) is 9.71. The lowest BCUT2D eigenvalue weighted by Gasteiger charge is -2.37. The summed E-state index contributed by atoms with van der Waals surface area (Å²) in [6, 6.07) is 4.28. The summed E-state index contributed by atoms with van der Waals surface area (Å²) in [5.74, 6) is 6.65. The van der Waals surface area contributed by atoms with Gasteiger partial charge < -0.3 is 14.7 Å². The number of hydrogen-bond acceptors (Lipinski definition) is 5. The Morgan fingerprint density at radius 3 is 2.62 bits per heavy atom. The van der Waals surface area contributed by atoms with E-state index in [0.717, 1.165) is 6.42 Å². The highest BCUT2D eigenvalue weighted by Crippen LogP contribution is 2.34. The monoisotopic (exact) mass is 464 g/mol. The van der Waals surface area contributed by atoms with E-state index in [4.69, 9.17) is 4.74 Å². The number of likely N-dealkylation sites (N-methyl/N-ethyl adjacent to an activating group) is 1. The minimum Gasteiger partial charge on any atom is -0.487 e. The van der Waals surface area contributed by atoms with Gasteiger partial charge in [0.15, 0.2) is 0 Å². The number of ether oxygens (including phenoxy) is 1. The van der Waals surface area contributed by atoms with Crippen molar-refractivity contribution in [1.82, 2.24) is 9.21 Å². The first-order valence-corrected chi connectivity index (χ1v) is 12.6. The van der Waals surface area contributed by atoms with Gasteiger partial charge in [0.1, 0.15) is 16.7 Å². The molecule has 1 aliphatic rings. The SMILES string of the molecule is CCC(=O)N(C)C[C@@H]1Oc2cc(C#CCC(C)C)ccc2S(=O)(=O)N([C@@H](C)CO)C[C@@H]1C. The number of nitrogens with zero attached hydrogens (tertiary/aromatic N) is 2. The first-order chi connectivity index (χ1) is 15.0. The quantitative estimate of drug-likeness (QED) is 0.654. The Balaban J connectivity index is 2.55. The van der Waals surface area contributed by atoms with E-state index in [0.29, 0.717) is 24.4 Å². The molecule has 0 unspecified atom stereocenters. The topological polar surface area (TPSA) is 87.2 Å². The summed E-state index contributed by atoms with van der Waals surface area (Å²) in [7, 11) is -2.17. The molecule has 1 aromatic carbocycles. The van der Waals surface area contributed by atoms with Crippen LogP contribution in [0, 0.1) is 23.7 Å². The summed E-state index contributed by atoms with van der Waals surface area (Å²) in [4.78, 5) is 13.8. The van der Waals surface area contributed by atoms with Crippen molar-refractivity contribution < 1.29 is 23.1 Å². The van der Waals surface area contributed by atoms with Gasteiger partial charge in [0, 0.05) is 44.0 Å². The van der Waals surface area contributed by atoms with Crippen LogP contribution in [0.25, 0.3) is 0 Å². The van der Waals surface area contributed by atoms with Gasteiger partial charge in [-0.1, -0.05) is 39.5 Å². The average molecular weight is 465 g/mol. The first-order valence-electron chi connectivity index (χ1n) is 11.2. The molecular formula is C24H36N2O5S. The average Bonchev–Trinajstić information content (AvgIpc) is 2.74. The van der Waals surface area contributed by atoms with Crippen LogP contribution in [-0.4, -0.2) is 67.5 Å². The standard InChI is InChI=1S/C24H36N2O5S/c1-7-24(28)25(6)15-22-18(4)14-26(19(5)16-27)32(29,30)23-12-11-20(13-21(23)31-22)10-8-9-17(2)3/h11-13,17-19,22,27H,7,9,14-16H2,1-6H3/t18-,19-,22-/m0/s1. The van der Waals surface area contributed by atoms with E-state index in [9.17, 15) is 18.3 Å². The summed E-state index contributed by atoms with van der Waals surface area (Å²) in [6.07, 6.45) is 0.699. The van der Waals surface area contributed by atoms with Crippen molar-refractivity contribution in [2.24, 2.45) is 11.8 Å². The molecule has 1 amide bonds. The molecule has 2 rings (SSSR count). The molecule has 1 aromatic rings. The molecule has 0 spiro atoms. The normalized spacial score (nSPS) is 21.4. The Morgan fingerprint density at radius 1 is 1.34 bits per heavy atom. The van der Waals surface area contributed by atoms with Crippen molar-refractivity contribution in [3.8, 4) is 17.6 Å². The van der Waals surface area contributed by atoms with Crippen LogP contribution in [0.3, 0.4) is 0 Å². The molecule has 0 aliphatic carbocycles. The highest BCUT2D eigenvalue weighted by atomic mass is 32.2. The number of aliphatic hydroxyl groups excluding tert-OH is 1. The van der Waals surface area contributed by atoms with E-state index in [1.165, 1.54) is 10.4 Å². The number of rotatable bonds is 6. The lowest BCUT2D eigenvalue weighted by Crippen LogP contribution is -2.50. The van der Waals surface area contributed by atoms with Gasteiger partial charge in [0.2, 0.25) is 15.9 Å². The smallest absolute Gasteiger partial charge is 0.247 e. The Labute approximate surface area is 192 Å². The third-order valence-electron chi connectivity index (χ3n) is 5.59. The van der Waals surface area contributed by atoms with Crippen LogP contribution >= 0.6 is 0 Å². The molecule has 0 aromatic heterocycles. The number of aliphatic hydroxyl groups is 1. The molecule has 3 atom stereocenters. The van der Waals surface area contributed by atoms with Crippen LogP contribution in [0.1, 0.15) is 53.0 Å². The maximum Gasteiger partial charge on any atom is 0.247 e. The fraction of sp³-hybridized carbons (Fsp3) is 0.625. The number of benzene rings is 1. The van der Waals surface area contributed by atoms with Gasteiger partial charge in [-0.25, -0.2) is 8.42 Å². The van der Waals surface area contributed by atoms with Crippen molar-refractivity contribution in [3.05, 3.63) is 23.8 Å². The maximum atomic E-state index is 13.5. The van der Waals surface area contributed by atoms with Crippen LogP contribution in [0.5, 0.6) is 5.75 Å². The molecule has 0 radical (unpaired) electrons. The molecule has 0 bridgehead atoms. The predicted molar refractivity (Wildman–Crippen MR) is 125 cm³/mol. The summed E-state index contributed by atoms with van der Waals surface area (Å²) in [6.45, 7) is 9.77. The number of amides is 1. The fourth-order valence-electron chi connectivity index (χ4n) is 3.52. The van der Waals surface area contributed by atoms with Crippen molar-refractivity contribution in [2.45, 2.75) is 64.5 Å². The maximum absolute atomic E-state index is 13.5. The van der Waals surface area contributed by atoms with Gasteiger partial charge in [0.25, 0.3) is 0 Å². The minimum absolute atomic E-state index is 0.00964. The summed E-state index contributed by atoms with van der Waals surface area (Å²) < 4.78 is 34.5. The van der Waals surface area contributed by atoms with Gasteiger partial charge >= 0.3 is 0 Å². The van der Waals surface area contributed by atoms with Crippen molar-refractivity contribution in [1.29, 1.82) is 0 Å². The second kappa shape index (κ2) is 11.2. The lowest BCUT2D eigenvalue weighted by atomic mass is 10.0. The predicted octanol–water partition coefficient (Wildman–Crippen LogP) is 2.72. The van der Waals surface area contributed by atoms with Crippen LogP contribution in [0.15, 0.2) is 23.1 Å². The molecule has 1 aliphatic heterocycles. The Hall–Kier alpha value is -2.08. The van der Waals surface area contributed by atoms with E-state index < -0.39 is 22.2 Å². The van der Waals surface area contributed by atoms with Crippen LogP contribution in [0.4, 0.5) is 0 Å². The van der Waals surface area contributed by atoms with Crippen molar-refractivity contribution in [2.75, 3.05) is 26.7 Å². The Morgan fingerprint density at radius 2 is 2.03 bits per heavy atom. The molecular weight excluding hydrogens is 428 g/mol. The highest BCUT2D eigenvalue weighted by Gasteiger charge is 2.38. The molecule has 0 fully saturated rings. The molecule has 7 nitrogen and oxygen atoms in total. The summed E-state index contributed by atoms with van der Waals surface area (Å²) >= 11 is 0. The van der Waals surface area contributed by atoms with Crippen molar-refractivity contribution >= 4 is 15.9 Å².